The van der Waals surface area contributed by atoms with Gasteiger partial charge in [0.2, 0.25) is 0 Å². The Morgan fingerprint density at radius 2 is 1.84 bits per heavy atom. The van der Waals surface area contributed by atoms with Crippen molar-refractivity contribution in [2.75, 3.05) is 63.5 Å². The molecule has 0 spiro atoms. The van der Waals surface area contributed by atoms with E-state index in [1.807, 2.05) is 12.1 Å². The Bertz CT molecular complexity index is 385. The molecule has 1 aromatic rings. The minimum atomic E-state index is 0.878. The van der Waals surface area contributed by atoms with Crippen LogP contribution in [0.1, 0.15) is 6.92 Å². The van der Waals surface area contributed by atoms with Crippen LogP contribution in [0.15, 0.2) is 24.3 Å². The van der Waals surface area contributed by atoms with Gasteiger partial charge < -0.3 is 15.5 Å². The quantitative estimate of drug-likeness (QED) is 0.813. The van der Waals surface area contributed by atoms with Crippen LogP contribution >= 0.6 is 0 Å². The maximum atomic E-state index is 6.06. The molecule has 1 aliphatic rings. The van der Waals surface area contributed by atoms with Gasteiger partial charge in [-0.25, -0.2) is 0 Å². The van der Waals surface area contributed by atoms with E-state index in [0.717, 1.165) is 25.3 Å². The molecular weight excluding hydrogens is 236 g/mol. The van der Waals surface area contributed by atoms with Crippen LogP contribution < -0.4 is 10.6 Å². The van der Waals surface area contributed by atoms with Crippen molar-refractivity contribution in [1.29, 1.82) is 0 Å². The summed E-state index contributed by atoms with van der Waals surface area (Å²) in [5.41, 5.74) is 8.11. The molecule has 4 heteroatoms. The summed E-state index contributed by atoms with van der Waals surface area (Å²) in [5, 5.41) is 0. The SMILES string of the molecule is CCN(CCN1CCN(C)CC1)c1ccccc1N. The number of piperazine rings is 1. The van der Waals surface area contributed by atoms with Crippen molar-refractivity contribution in [3.8, 4) is 0 Å². The smallest absolute Gasteiger partial charge is 0.0600 e. The van der Waals surface area contributed by atoms with Crippen LogP contribution in [-0.4, -0.2) is 62.7 Å². The fraction of sp³-hybridized carbons (Fsp3) is 0.600. The molecule has 0 unspecified atom stereocenters. The van der Waals surface area contributed by atoms with Crippen molar-refractivity contribution in [1.82, 2.24) is 9.80 Å². The van der Waals surface area contributed by atoms with Crippen LogP contribution in [-0.2, 0) is 0 Å². The van der Waals surface area contributed by atoms with Crippen LogP contribution in [0.25, 0.3) is 0 Å². The molecule has 1 heterocycles. The predicted molar refractivity (Wildman–Crippen MR) is 82.7 cm³/mol. The van der Waals surface area contributed by atoms with E-state index in [1.54, 1.807) is 0 Å². The zero-order valence-corrected chi connectivity index (χ0v) is 12.2. The summed E-state index contributed by atoms with van der Waals surface area (Å²) in [6, 6.07) is 8.15. The highest BCUT2D eigenvalue weighted by Gasteiger charge is 2.15. The van der Waals surface area contributed by atoms with Crippen molar-refractivity contribution in [2.45, 2.75) is 6.92 Å². The fourth-order valence-electron chi connectivity index (χ4n) is 2.56. The van der Waals surface area contributed by atoms with Gasteiger partial charge in [0.1, 0.15) is 0 Å². The van der Waals surface area contributed by atoms with Gasteiger partial charge in [-0.1, -0.05) is 12.1 Å². The maximum absolute atomic E-state index is 6.06. The van der Waals surface area contributed by atoms with Gasteiger partial charge in [0, 0.05) is 45.8 Å². The highest BCUT2D eigenvalue weighted by Crippen LogP contribution is 2.21. The van der Waals surface area contributed by atoms with Crippen LogP contribution in [0.4, 0.5) is 11.4 Å². The third kappa shape index (κ3) is 3.85. The Labute approximate surface area is 116 Å². The van der Waals surface area contributed by atoms with Crippen LogP contribution in [0, 0.1) is 0 Å². The Balaban J connectivity index is 1.88. The Hall–Kier alpha value is -1.26. The number of benzene rings is 1. The van der Waals surface area contributed by atoms with Gasteiger partial charge in [-0.05, 0) is 26.1 Å². The Kier molecular flexibility index (Phi) is 5.05. The van der Waals surface area contributed by atoms with Gasteiger partial charge in [-0.2, -0.15) is 0 Å². The largest absolute Gasteiger partial charge is 0.397 e. The molecule has 0 saturated carbocycles. The fourth-order valence-corrected chi connectivity index (χ4v) is 2.56. The first-order valence-corrected chi connectivity index (χ1v) is 7.21. The number of nitrogen functional groups attached to an aromatic ring is 1. The number of anilines is 2. The first-order valence-electron chi connectivity index (χ1n) is 7.21. The molecule has 1 saturated heterocycles. The zero-order chi connectivity index (χ0) is 13.7. The highest BCUT2D eigenvalue weighted by molar-refractivity contribution is 5.67. The van der Waals surface area contributed by atoms with Crippen molar-refractivity contribution in [2.24, 2.45) is 0 Å². The molecule has 1 aliphatic heterocycles. The van der Waals surface area contributed by atoms with E-state index in [1.165, 1.54) is 31.9 Å². The van der Waals surface area contributed by atoms with Gasteiger partial charge in [0.05, 0.1) is 11.4 Å². The summed E-state index contributed by atoms with van der Waals surface area (Å²) < 4.78 is 0. The predicted octanol–water partition coefficient (Wildman–Crippen LogP) is 1.34. The van der Waals surface area contributed by atoms with Crippen molar-refractivity contribution in [3.63, 3.8) is 0 Å². The minimum absolute atomic E-state index is 0.878. The van der Waals surface area contributed by atoms with E-state index in [0.29, 0.717) is 0 Å². The number of para-hydroxylation sites is 2. The molecular formula is C15H26N4. The van der Waals surface area contributed by atoms with Gasteiger partial charge >= 0.3 is 0 Å². The molecule has 2 N–H and O–H groups in total. The van der Waals surface area contributed by atoms with Gasteiger partial charge in [0.25, 0.3) is 0 Å². The second kappa shape index (κ2) is 6.78. The van der Waals surface area contributed by atoms with E-state index >= 15 is 0 Å². The standard InChI is InChI=1S/C15H26N4/c1-3-19(15-7-5-4-6-14(15)16)13-12-18-10-8-17(2)9-11-18/h4-7H,3,8-13,16H2,1-2H3. The van der Waals surface area contributed by atoms with Crippen molar-refractivity contribution in [3.05, 3.63) is 24.3 Å². The van der Waals surface area contributed by atoms with Crippen molar-refractivity contribution < 1.29 is 0 Å². The Morgan fingerprint density at radius 3 is 2.47 bits per heavy atom. The molecule has 19 heavy (non-hydrogen) atoms. The molecule has 0 radical (unpaired) electrons. The molecule has 0 aromatic heterocycles. The summed E-state index contributed by atoms with van der Waals surface area (Å²) in [6.45, 7) is 10.1. The van der Waals surface area contributed by atoms with E-state index in [9.17, 15) is 0 Å². The molecule has 4 nitrogen and oxygen atoms in total. The lowest BCUT2D eigenvalue weighted by Crippen LogP contribution is -2.47. The zero-order valence-electron chi connectivity index (χ0n) is 12.2. The van der Waals surface area contributed by atoms with Crippen molar-refractivity contribution >= 4 is 11.4 Å². The molecule has 1 fully saturated rings. The normalized spacial score (nSPS) is 17.6. The lowest BCUT2D eigenvalue weighted by molar-refractivity contribution is 0.157. The second-order valence-corrected chi connectivity index (χ2v) is 5.28. The summed E-state index contributed by atoms with van der Waals surface area (Å²) in [5.74, 6) is 0. The highest BCUT2D eigenvalue weighted by atomic mass is 15.3. The second-order valence-electron chi connectivity index (χ2n) is 5.28. The number of nitrogens with zero attached hydrogens (tertiary/aromatic N) is 3. The van der Waals surface area contributed by atoms with E-state index in [2.05, 4.69) is 40.8 Å². The molecule has 0 atom stereocenters. The first kappa shape index (κ1) is 14.2. The van der Waals surface area contributed by atoms with Crippen LogP contribution in [0.2, 0.25) is 0 Å². The van der Waals surface area contributed by atoms with Gasteiger partial charge in [-0.15, -0.1) is 0 Å². The topological polar surface area (TPSA) is 35.7 Å². The summed E-state index contributed by atoms with van der Waals surface area (Å²) in [7, 11) is 2.19. The number of rotatable bonds is 5. The van der Waals surface area contributed by atoms with Crippen LogP contribution in [0.5, 0.6) is 0 Å². The average molecular weight is 262 g/mol. The number of hydrogen-bond acceptors (Lipinski definition) is 4. The number of likely N-dealkylation sites (N-methyl/N-ethyl adjacent to an activating group) is 2. The molecule has 1 aromatic carbocycles. The van der Waals surface area contributed by atoms with Gasteiger partial charge in [-0.3, -0.25) is 4.90 Å². The van der Waals surface area contributed by atoms with E-state index in [4.69, 9.17) is 5.73 Å². The van der Waals surface area contributed by atoms with E-state index < -0.39 is 0 Å². The minimum Gasteiger partial charge on any atom is -0.397 e. The first-order chi connectivity index (χ1) is 9.20. The lowest BCUT2D eigenvalue weighted by atomic mass is 10.2. The lowest BCUT2D eigenvalue weighted by Gasteiger charge is -2.34. The van der Waals surface area contributed by atoms with Gasteiger partial charge in [0.15, 0.2) is 0 Å². The number of nitrogens with two attached hydrogens (primary N) is 1. The summed E-state index contributed by atoms with van der Waals surface area (Å²) in [6.07, 6.45) is 0. The molecule has 0 amide bonds. The molecule has 0 aliphatic carbocycles. The Morgan fingerprint density at radius 1 is 1.16 bits per heavy atom. The monoisotopic (exact) mass is 262 g/mol. The van der Waals surface area contributed by atoms with Crippen LogP contribution in [0.3, 0.4) is 0 Å². The third-order valence-electron chi connectivity index (χ3n) is 3.94. The average Bonchev–Trinajstić information content (AvgIpc) is 2.43. The summed E-state index contributed by atoms with van der Waals surface area (Å²) >= 11 is 0. The van der Waals surface area contributed by atoms with E-state index in [-0.39, 0.29) is 0 Å². The summed E-state index contributed by atoms with van der Waals surface area (Å²) in [4.78, 5) is 7.30. The maximum Gasteiger partial charge on any atom is 0.0600 e. The molecule has 106 valence electrons. The molecule has 2 rings (SSSR count). The number of hydrogen-bond donors (Lipinski definition) is 1. The third-order valence-corrected chi connectivity index (χ3v) is 3.94. The molecule has 0 bridgehead atoms.